The predicted octanol–water partition coefficient (Wildman–Crippen LogP) is 2.96. The van der Waals surface area contributed by atoms with Crippen LogP contribution in [0.1, 0.15) is 43.5 Å². The summed E-state index contributed by atoms with van der Waals surface area (Å²) in [4.78, 5) is 6.81. The summed E-state index contributed by atoms with van der Waals surface area (Å²) in [5.74, 6) is 0. The number of hydrogen-bond acceptors (Lipinski definition) is 4. The van der Waals surface area contributed by atoms with Gasteiger partial charge in [0.2, 0.25) is 0 Å². The Hall–Kier alpha value is -0.420. The average Bonchev–Trinajstić information content (AvgIpc) is 3.21. The molecule has 0 aromatic carbocycles. The standard InChI is InChI=1S/C17H29N3S/c1-15(17-7-4-14-21-17)18-8-9-19-10-12-20(13-11-19)16-5-2-3-6-16/h4,7,14-16,18H,2-3,5-6,8-13H2,1H3. The average molecular weight is 308 g/mol. The van der Waals surface area contributed by atoms with Gasteiger partial charge in [0.15, 0.2) is 0 Å². The van der Waals surface area contributed by atoms with Crippen molar-refractivity contribution >= 4 is 11.3 Å². The van der Waals surface area contributed by atoms with Crippen LogP contribution in [0.25, 0.3) is 0 Å². The minimum Gasteiger partial charge on any atom is -0.308 e. The Morgan fingerprint density at radius 3 is 2.67 bits per heavy atom. The van der Waals surface area contributed by atoms with E-state index in [1.807, 2.05) is 11.3 Å². The van der Waals surface area contributed by atoms with E-state index in [1.165, 1.54) is 63.3 Å². The highest BCUT2D eigenvalue weighted by Crippen LogP contribution is 2.24. The van der Waals surface area contributed by atoms with Crippen molar-refractivity contribution in [3.63, 3.8) is 0 Å². The van der Waals surface area contributed by atoms with Crippen LogP contribution in [-0.4, -0.2) is 55.1 Å². The van der Waals surface area contributed by atoms with Crippen LogP contribution in [0, 0.1) is 0 Å². The van der Waals surface area contributed by atoms with Gasteiger partial charge in [-0.1, -0.05) is 18.9 Å². The third-order valence-electron chi connectivity index (χ3n) is 5.10. The highest BCUT2D eigenvalue weighted by molar-refractivity contribution is 7.10. The summed E-state index contributed by atoms with van der Waals surface area (Å²) >= 11 is 1.85. The Balaban J connectivity index is 1.32. The van der Waals surface area contributed by atoms with Crippen LogP contribution in [0.15, 0.2) is 17.5 Å². The third-order valence-corrected chi connectivity index (χ3v) is 6.15. The summed E-state index contributed by atoms with van der Waals surface area (Å²) < 4.78 is 0. The molecule has 1 atom stereocenters. The molecule has 1 aliphatic carbocycles. The van der Waals surface area contributed by atoms with Crippen molar-refractivity contribution < 1.29 is 0 Å². The quantitative estimate of drug-likeness (QED) is 0.872. The van der Waals surface area contributed by atoms with Crippen molar-refractivity contribution in [3.05, 3.63) is 22.4 Å². The Labute approximate surface area is 133 Å². The van der Waals surface area contributed by atoms with Crippen molar-refractivity contribution in [2.45, 2.75) is 44.7 Å². The first-order valence-corrected chi connectivity index (χ1v) is 9.44. The van der Waals surface area contributed by atoms with Crippen molar-refractivity contribution in [3.8, 4) is 0 Å². The summed E-state index contributed by atoms with van der Waals surface area (Å²) in [7, 11) is 0. The number of nitrogens with zero attached hydrogens (tertiary/aromatic N) is 2. The van der Waals surface area contributed by atoms with Crippen molar-refractivity contribution in [1.82, 2.24) is 15.1 Å². The van der Waals surface area contributed by atoms with E-state index in [4.69, 9.17) is 0 Å². The van der Waals surface area contributed by atoms with Gasteiger partial charge < -0.3 is 5.32 Å². The van der Waals surface area contributed by atoms with Crippen LogP contribution < -0.4 is 5.32 Å². The smallest absolute Gasteiger partial charge is 0.0386 e. The van der Waals surface area contributed by atoms with Gasteiger partial charge in [-0.3, -0.25) is 9.80 Å². The molecule has 3 nitrogen and oxygen atoms in total. The van der Waals surface area contributed by atoms with Crippen LogP contribution in [-0.2, 0) is 0 Å². The second-order valence-electron chi connectivity index (χ2n) is 6.51. The Kier molecular flexibility index (Phi) is 5.69. The molecule has 1 saturated heterocycles. The third kappa shape index (κ3) is 4.28. The van der Waals surface area contributed by atoms with Crippen LogP contribution in [0.3, 0.4) is 0 Å². The van der Waals surface area contributed by atoms with Gasteiger partial charge in [-0.05, 0) is 31.2 Å². The summed E-state index contributed by atoms with van der Waals surface area (Å²) in [5.41, 5.74) is 0. The van der Waals surface area contributed by atoms with Crippen LogP contribution in [0.5, 0.6) is 0 Å². The van der Waals surface area contributed by atoms with E-state index in [-0.39, 0.29) is 0 Å². The largest absolute Gasteiger partial charge is 0.308 e. The molecule has 21 heavy (non-hydrogen) atoms. The molecule has 1 aromatic heterocycles. The molecule has 4 heteroatoms. The Morgan fingerprint density at radius 1 is 1.24 bits per heavy atom. The maximum atomic E-state index is 3.65. The molecular formula is C17H29N3S. The molecule has 2 heterocycles. The van der Waals surface area contributed by atoms with Crippen LogP contribution in [0.4, 0.5) is 0 Å². The highest BCUT2D eigenvalue weighted by atomic mass is 32.1. The van der Waals surface area contributed by atoms with E-state index >= 15 is 0 Å². The first-order chi connectivity index (χ1) is 10.3. The molecule has 0 bridgehead atoms. The van der Waals surface area contributed by atoms with Gasteiger partial charge >= 0.3 is 0 Å². The normalized spacial score (nSPS) is 23.7. The van der Waals surface area contributed by atoms with E-state index in [0.717, 1.165) is 12.6 Å². The molecule has 3 rings (SSSR count). The topological polar surface area (TPSA) is 18.5 Å². The summed E-state index contributed by atoms with van der Waals surface area (Å²) in [6.07, 6.45) is 5.80. The fourth-order valence-electron chi connectivity index (χ4n) is 3.70. The van der Waals surface area contributed by atoms with Gasteiger partial charge in [0.25, 0.3) is 0 Å². The molecular weight excluding hydrogens is 278 g/mol. The van der Waals surface area contributed by atoms with E-state index in [0.29, 0.717) is 6.04 Å². The molecule has 0 spiro atoms. The Morgan fingerprint density at radius 2 is 2.00 bits per heavy atom. The highest BCUT2D eigenvalue weighted by Gasteiger charge is 2.25. The van der Waals surface area contributed by atoms with Gasteiger partial charge in [0.05, 0.1) is 0 Å². The maximum Gasteiger partial charge on any atom is 0.0386 e. The minimum atomic E-state index is 0.491. The number of thiophene rings is 1. The SMILES string of the molecule is CC(NCCN1CCN(C2CCCC2)CC1)c1cccs1. The monoisotopic (exact) mass is 307 g/mol. The molecule has 0 amide bonds. The zero-order chi connectivity index (χ0) is 14.5. The molecule has 118 valence electrons. The second kappa shape index (κ2) is 7.73. The zero-order valence-corrected chi connectivity index (χ0v) is 14.1. The molecule has 1 unspecified atom stereocenters. The summed E-state index contributed by atoms with van der Waals surface area (Å²) in [6, 6.07) is 5.76. The predicted molar refractivity (Wildman–Crippen MR) is 91.0 cm³/mol. The maximum absolute atomic E-state index is 3.65. The Bertz CT molecular complexity index is 392. The van der Waals surface area contributed by atoms with Crippen molar-refractivity contribution in [2.75, 3.05) is 39.3 Å². The lowest BCUT2D eigenvalue weighted by Crippen LogP contribution is -2.50. The van der Waals surface area contributed by atoms with E-state index < -0.39 is 0 Å². The first kappa shape index (κ1) is 15.5. The molecule has 0 radical (unpaired) electrons. The summed E-state index contributed by atoms with van der Waals surface area (Å²) in [6.45, 7) is 9.63. The van der Waals surface area contributed by atoms with Crippen molar-refractivity contribution in [2.24, 2.45) is 0 Å². The van der Waals surface area contributed by atoms with Crippen LogP contribution >= 0.6 is 11.3 Å². The van der Waals surface area contributed by atoms with Crippen LogP contribution in [0.2, 0.25) is 0 Å². The lowest BCUT2D eigenvalue weighted by molar-refractivity contribution is 0.0980. The fraction of sp³-hybridized carbons (Fsp3) is 0.765. The lowest BCUT2D eigenvalue weighted by atomic mass is 10.2. The second-order valence-corrected chi connectivity index (χ2v) is 7.49. The molecule has 1 aliphatic heterocycles. The molecule has 1 aromatic rings. The molecule has 1 N–H and O–H groups in total. The molecule has 1 saturated carbocycles. The van der Waals surface area contributed by atoms with E-state index in [9.17, 15) is 0 Å². The van der Waals surface area contributed by atoms with Gasteiger partial charge in [-0.2, -0.15) is 0 Å². The molecule has 2 aliphatic rings. The minimum absolute atomic E-state index is 0.491. The lowest BCUT2D eigenvalue weighted by Gasteiger charge is -2.38. The first-order valence-electron chi connectivity index (χ1n) is 8.56. The molecule has 2 fully saturated rings. The van der Waals surface area contributed by atoms with Gasteiger partial charge in [0.1, 0.15) is 0 Å². The van der Waals surface area contributed by atoms with E-state index in [1.54, 1.807) is 0 Å². The van der Waals surface area contributed by atoms with Crippen molar-refractivity contribution in [1.29, 1.82) is 0 Å². The van der Waals surface area contributed by atoms with Gasteiger partial charge in [-0.25, -0.2) is 0 Å². The zero-order valence-electron chi connectivity index (χ0n) is 13.3. The number of piperazine rings is 1. The number of rotatable bonds is 6. The fourth-order valence-corrected chi connectivity index (χ4v) is 4.46. The summed E-state index contributed by atoms with van der Waals surface area (Å²) in [5, 5.41) is 5.82. The number of nitrogens with one attached hydrogen (secondary N) is 1. The van der Waals surface area contributed by atoms with E-state index in [2.05, 4.69) is 39.6 Å². The van der Waals surface area contributed by atoms with Gasteiger partial charge in [0, 0.05) is 56.2 Å². The van der Waals surface area contributed by atoms with Gasteiger partial charge in [-0.15, -0.1) is 11.3 Å². The number of hydrogen-bond donors (Lipinski definition) is 1.